The maximum absolute atomic E-state index is 9.20. The maximum Gasteiger partial charge on any atom is 0.0714 e. The van der Waals surface area contributed by atoms with Crippen LogP contribution in [0.15, 0.2) is 52.2 Å². The molecule has 150 valence electrons. The van der Waals surface area contributed by atoms with Gasteiger partial charge in [0.2, 0.25) is 0 Å². The zero-order valence-corrected chi connectivity index (χ0v) is 18.9. The van der Waals surface area contributed by atoms with Gasteiger partial charge in [0.1, 0.15) is 0 Å². The van der Waals surface area contributed by atoms with Gasteiger partial charge in [-0.05, 0) is 67.4 Å². The van der Waals surface area contributed by atoms with E-state index in [0.717, 1.165) is 35.4 Å². The smallest absolute Gasteiger partial charge is 0.0714 e. The van der Waals surface area contributed by atoms with Gasteiger partial charge in [-0.15, -0.1) is 0 Å². The van der Waals surface area contributed by atoms with Crippen LogP contribution in [0.5, 0.6) is 0 Å². The highest BCUT2D eigenvalue weighted by molar-refractivity contribution is 6.19. The van der Waals surface area contributed by atoms with Gasteiger partial charge >= 0.3 is 0 Å². The second kappa shape index (κ2) is 8.86. The van der Waals surface area contributed by atoms with E-state index in [0.29, 0.717) is 11.6 Å². The Hall–Kier alpha value is -2.22. The predicted octanol–water partition coefficient (Wildman–Crippen LogP) is 7.71. The second-order valence-electron chi connectivity index (χ2n) is 8.90. The molecule has 1 N–H and O–H groups in total. The lowest BCUT2D eigenvalue weighted by Crippen LogP contribution is -2.23. The molecule has 1 aromatic rings. The zero-order chi connectivity index (χ0) is 21.1. The Morgan fingerprint density at radius 2 is 1.89 bits per heavy atom. The summed E-state index contributed by atoms with van der Waals surface area (Å²) in [6.07, 6.45) is 8.59. The van der Waals surface area contributed by atoms with E-state index >= 15 is 0 Å². The molecule has 28 heavy (non-hydrogen) atoms. The van der Waals surface area contributed by atoms with Crippen LogP contribution in [0.2, 0.25) is 0 Å². The first-order chi connectivity index (χ1) is 13.1. The van der Waals surface area contributed by atoms with Gasteiger partial charge in [-0.25, -0.2) is 0 Å². The average molecular weight is 377 g/mol. The van der Waals surface area contributed by atoms with Crippen molar-refractivity contribution < 1.29 is 0 Å². The number of hydrogen-bond acceptors (Lipinski definition) is 2. The van der Waals surface area contributed by atoms with Crippen molar-refractivity contribution >= 4 is 17.5 Å². The van der Waals surface area contributed by atoms with Crippen LogP contribution in [-0.4, -0.2) is 11.4 Å². The number of hydrogen-bond donors (Lipinski definition) is 1. The monoisotopic (exact) mass is 376 g/mol. The minimum atomic E-state index is -0.0599. The third-order valence-electron chi connectivity index (χ3n) is 5.37. The van der Waals surface area contributed by atoms with Gasteiger partial charge in [0.15, 0.2) is 0 Å². The van der Waals surface area contributed by atoms with Crippen molar-refractivity contribution in [2.75, 3.05) is 0 Å². The summed E-state index contributed by atoms with van der Waals surface area (Å²) in [6.45, 7) is 17.2. The first kappa shape index (κ1) is 22.1. The molecule has 0 fully saturated rings. The summed E-state index contributed by atoms with van der Waals surface area (Å²) in [4.78, 5) is 4.82. The van der Waals surface area contributed by atoms with Crippen LogP contribution in [0.3, 0.4) is 0 Å². The molecule has 0 aromatic heterocycles. The van der Waals surface area contributed by atoms with E-state index < -0.39 is 0 Å². The number of fused-ring (bicyclic) bond motifs is 1. The first-order valence-electron chi connectivity index (χ1n) is 10.4. The normalized spacial score (nSPS) is 18.2. The summed E-state index contributed by atoms with van der Waals surface area (Å²) in [6, 6.07) is 6.49. The van der Waals surface area contributed by atoms with Gasteiger partial charge in [-0.2, -0.15) is 0 Å². The molecule has 2 nitrogen and oxygen atoms in total. The summed E-state index contributed by atoms with van der Waals surface area (Å²) in [5, 5.41) is 9.20. The highest BCUT2D eigenvalue weighted by Crippen LogP contribution is 2.42. The van der Waals surface area contributed by atoms with Gasteiger partial charge in [-0.3, -0.25) is 10.4 Å². The minimum absolute atomic E-state index is 0.0599. The molecule has 0 spiro atoms. The molecule has 1 aliphatic rings. The molecule has 1 unspecified atom stereocenters. The molecule has 0 bridgehead atoms. The van der Waals surface area contributed by atoms with Crippen LogP contribution in [0.1, 0.15) is 90.8 Å². The summed E-state index contributed by atoms with van der Waals surface area (Å²) in [5.74, 6) is 0.444. The third kappa shape index (κ3) is 4.60. The summed E-state index contributed by atoms with van der Waals surface area (Å²) < 4.78 is 0. The van der Waals surface area contributed by atoms with Crippen molar-refractivity contribution in [3.05, 3.63) is 63.9 Å². The molecule has 1 aromatic carbocycles. The largest absolute Gasteiger partial charge is 0.300 e. The van der Waals surface area contributed by atoms with Gasteiger partial charge in [-0.1, -0.05) is 65.3 Å². The Bertz CT molecular complexity index is 870. The number of nitrogens with one attached hydrogen (secondary N) is 1. The molecule has 0 saturated heterocycles. The van der Waals surface area contributed by atoms with E-state index in [4.69, 9.17) is 4.99 Å². The lowest BCUT2D eigenvalue weighted by Gasteiger charge is -2.32. The number of nitrogens with zero attached hydrogens (tertiary/aromatic N) is 1. The van der Waals surface area contributed by atoms with Crippen molar-refractivity contribution in [3.8, 4) is 0 Å². The highest BCUT2D eigenvalue weighted by atomic mass is 14.8. The standard InChI is InChI=1S/C26H36N2/c1-9-12-17(3)21-15-11-14-20-16-22(26(6,7)8)23(25(27)24(20)21)19(5)28-18(4)13-10-2/h10-11,13-17,27H,9,12H2,1-8H3/b13-10-,23-19+,27-25?,28-18+. The molecule has 2 heteroatoms. The van der Waals surface area contributed by atoms with Crippen molar-refractivity contribution in [1.29, 1.82) is 5.41 Å². The summed E-state index contributed by atoms with van der Waals surface area (Å²) in [7, 11) is 0. The van der Waals surface area contributed by atoms with Gasteiger partial charge < -0.3 is 0 Å². The quantitative estimate of drug-likeness (QED) is 0.511. The highest BCUT2D eigenvalue weighted by Gasteiger charge is 2.32. The van der Waals surface area contributed by atoms with Gasteiger partial charge in [0.25, 0.3) is 0 Å². The number of benzene rings is 1. The zero-order valence-electron chi connectivity index (χ0n) is 18.9. The predicted molar refractivity (Wildman–Crippen MR) is 125 cm³/mol. The summed E-state index contributed by atoms with van der Waals surface area (Å²) in [5.41, 5.74) is 8.17. The van der Waals surface area contributed by atoms with Gasteiger partial charge in [0.05, 0.1) is 5.71 Å². The lowest BCUT2D eigenvalue weighted by molar-refractivity contribution is 0.516. The molecule has 0 aliphatic heterocycles. The fourth-order valence-electron chi connectivity index (χ4n) is 4.05. The van der Waals surface area contributed by atoms with Crippen LogP contribution < -0.4 is 0 Å². The van der Waals surface area contributed by atoms with Crippen LogP contribution in [0.4, 0.5) is 0 Å². The fraction of sp³-hybridized carbons (Fsp3) is 0.462. The Labute approximate surface area is 171 Å². The molecular formula is C26H36N2. The Morgan fingerprint density at radius 1 is 1.21 bits per heavy atom. The molecule has 2 rings (SSSR count). The molecule has 1 aliphatic carbocycles. The van der Waals surface area contributed by atoms with E-state index in [9.17, 15) is 5.41 Å². The van der Waals surface area contributed by atoms with Crippen LogP contribution in [-0.2, 0) is 0 Å². The van der Waals surface area contributed by atoms with Crippen LogP contribution in [0.25, 0.3) is 6.08 Å². The Morgan fingerprint density at radius 3 is 2.46 bits per heavy atom. The molecule has 1 atom stereocenters. The fourth-order valence-corrected chi connectivity index (χ4v) is 4.05. The van der Waals surface area contributed by atoms with Crippen LogP contribution >= 0.6 is 0 Å². The van der Waals surface area contributed by atoms with E-state index in [1.807, 2.05) is 32.9 Å². The van der Waals surface area contributed by atoms with Crippen molar-refractivity contribution in [1.82, 2.24) is 0 Å². The number of rotatable bonds is 5. The molecule has 0 saturated carbocycles. The third-order valence-corrected chi connectivity index (χ3v) is 5.37. The average Bonchev–Trinajstić information content (AvgIpc) is 2.60. The van der Waals surface area contributed by atoms with E-state index in [-0.39, 0.29) is 5.41 Å². The molecule has 0 amide bonds. The SMILES string of the molecule is C\C=C/C(C)=N/C(C)=C1/C(=N)c2c(cccc2C(C)CCC)C=C1C(C)(C)C. The maximum atomic E-state index is 9.20. The van der Waals surface area contributed by atoms with E-state index in [1.165, 1.54) is 16.7 Å². The van der Waals surface area contributed by atoms with Crippen LogP contribution in [0, 0.1) is 10.8 Å². The first-order valence-corrected chi connectivity index (χ1v) is 10.4. The number of allylic oxidation sites excluding steroid dienone is 5. The Kier molecular flexibility index (Phi) is 6.98. The topological polar surface area (TPSA) is 36.2 Å². The lowest BCUT2D eigenvalue weighted by atomic mass is 9.72. The van der Waals surface area contributed by atoms with Crippen molar-refractivity contribution in [2.45, 2.75) is 74.1 Å². The second-order valence-corrected chi connectivity index (χ2v) is 8.90. The molecule has 0 radical (unpaired) electrons. The summed E-state index contributed by atoms with van der Waals surface area (Å²) >= 11 is 0. The number of aliphatic imine (C=N–C) groups is 1. The Balaban J connectivity index is 2.78. The van der Waals surface area contributed by atoms with E-state index in [2.05, 4.69) is 58.9 Å². The van der Waals surface area contributed by atoms with E-state index in [1.54, 1.807) is 0 Å². The van der Waals surface area contributed by atoms with Crippen molar-refractivity contribution in [3.63, 3.8) is 0 Å². The van der Waals surface area contributed by atoms with Gasteiger partial charge in [0, 0.05) is 22.5 Å². The minimum Gasteiger partial charge on any atom is -0.300 e. The molecular weight excluding hydrogens is 340 g/mol. The van der Waals surface area contributed by atoms with Crippen molar-refractivity contribution in [2.24, 2.45) is 10.4 Å². The molecule has 0 heterocycles.